The number of aromatic nitrogens is 2. The quantitative estimate of drug-likeness (QED) is 0.618. The van der Waals surface area contributed by atoms with Crippen LogP contribution in [0.25, 0.3) is 0 Å². The van der Waals surface area contributed by atoms with Crippen LogP contribution in [0.5, 0.6) is 0 Å². The number of carbonyl (C=O) groups is 1. The highest BCUT2D eigenvalue weighted by Crippen LogP contribution is 2.21. The molecule has 0 spiro atoms. The molecule has 0 fully saturated rings. The minimum Gasteiger partial charge on any atom is -0.322 e. The van der Waals surface area contributed by atoms with Gasteiger partial charge in [0.15, 0.2) is 0 Å². The third-order valence-corrected chi connectivity index (χ3v) is 2.74. The summed E-state index contributed by atoms with van der Waals surface area (Å²) in [5.41, 5.74) is 6.72. The Labute approximate surface area is 114 Å². The zero-order valence-electron chi connectivity index (χ0n) is 10.5. The number of aromatic amines is 1. The van der Waals surface area contributed by atoms with Crippen molar-refractivity contribution in [3.05, 3.63) is 52.3 Å². The summed E-state index contributed by atoms with van der Waals surface area (Å²) < 4.78 is 0. The molecule has 1 heterocycles. The maximum absolute atomic E-state index is 11.9. The van der Waals surface area contributed by atoms with Gasteiger partial charge in [-0.05, 0) is 12.1 Å². The molecule has 0 aliphatic rings. The van der Waals surface area contributed by atoms with E-state index >= 15 is 0 Å². The van der Waals surface area contributed by atoms with Crippen molar-refractivity contribution in [2.75, 3.05) is 11.4 Å². The van der Waals surface area contributed by atoms with Crippen LogP contribution in [0.2, 0.25) is 0 Å². The van der Waals surface area contributed by atoms with E-state index in [0.29, 0.717) is 12.2 Å². The van der Waals surface area contributed by atoms with Crippen molar-refractivity contribution in [1.82, 2.24) is 10.2 Å². The molecule has 0 atom stereocenters. The molecule has 0 aliphatic heterocycles. The Balaban J connectivity index is 2.26. The zero-order chi connectivity index (χ0) is 14.5. The molecule has 1 aromatic carbocycles. The zero-order valence-corrected chi connectivity index (χ0v) is 10.5. The van der Waals surface area contributed by atoms with Crippen molar-refractivity contribution in [2.45, 2.75) is 6.54 Å². The minimum absolute atomic E-state index is 0.0304. The molecule has 0 aliphatic carbocycles. The van der Waals surface area contributed by atoms with E-state index in [1.807, 2.05) is 0 Å². The van der Waals surface area contributed by atoms with E-state index in [9.17, 15) is 14.9 Å². The lowest BCUT2D eigenvalue weighted by Crippen LogP contribution is -2.35. The Morgan fingerprint density at radius 3 is 2.60 bits per heavy atom. The van der Waals surface area contributed by atoms with Crippen molar-refractivity contribution in [3.63, 3.8) is 0 Å². The van der Waals surface area contributed by atoms with Crippen molar-refractivity contribution in [1.29, 1.82) is 0 Å². The van der Waals surface area contributed by atoms with Gasteiger partial charge in [0.25, 0.3) is 5.69 Å². The molecule has 8 heteroatoms. The van der Waals surface area contributed by atoms with Crippen LogP contribution < -0.4 is 10.6 Å². The summed E-state index contributed by atoms with van der Waals surface area (Å²) in [5.74, 6) is -0.278. The van der Waals surface area contributed by atoms with Crippen molar-refractivity contribution >= 4 is 17.3 Å². The maximum atomic E-state index is 11.9. The predicted octanol–water partition coefficient (Wildman–Crippen LogP) is 0.810. The molecule has 0 radical (unpaired) electrons. The molecule has 104 valence electrons. The Kier molecular flexibility index (Phi) is 4.06. The highest BCUT2D eigenvalue weighted by atomic mass is 16.6. The van der Waals surface area contributed by atoms with E-state index in [0.717, 1.165) is 5.56 Å². The first kappa shape index (κ1) is 13.7. The summed E-state index contributed by atoms with van der Waals surface area (Å²) in [5, 5.41) is 17.1. The van der Waals surface area contributed by atoms with Crippen LogP contribution in [0.15, 0.2) is 36.7 Å². The van der Waals surface area contributed by atoms with Crippen LogP contribution >= 0.6 is 0 Å². The predicted molar refractivity (Wildman–Crippen MR) is 71.9 cm³/mol. The Bertz CT molecular complexity index is 594. The number of nitrogens with two attached hydrogens (primary N) is 1. The molecule has 2 rings (SSSR count). The number of non-ortho nitro benzene ring substituents is 1. The van der Waals surface area contributed by atoms with Crippen molar-refractivity contribution < 1.29 is 9.72 Å². The molecular formula is C12H13N5O3. The number of nitrogens with zero attached hydrogens (tertiary/aromatic N) is 3. The molecule has 3 N–H and O–H groups in total. The van der Waals surface area contributed by atoms with Crippen LogP contribution in [0.4, 0.5) is 11.4 Å². The Morgan fingerprint density at radius 1 is 1.40 bits per heavy atom. The van der Waals surface area contributed by atoms with E-state index in [4.69, 9.17) is 5.73 Å². The van der Waals surface area contributed by atoms with Gasteiger partial charge in [-0.1, -0.05) is 0 Å². The van der Waals surface area contributed by atoms with Gasteiger partial charge in [-0.3, -0.25) is 20.0 Å². The summed E-state index contributed by atoms with van der Waals surface area (Å²) in [6, 6.07) is 5.74. The van der Waals surface area contributed by atoms with E-state index in [1.54, 1.807) is 12.4 Å². The molecule has 2 aromatic rings. The van der Waals surface area contributed by atoms with Gasteiger partial charge < -0.3 is 10.6 Å². The van der Waals surface area contributed by atoms with Crippen LogP contribution in [-0.4, -0.2) is 27.6 Å². The summed E-state index contributed by atoms with van der Waals surface area (Å²) in [6.45, 7) is 0.152. The number of carbonyl (C=O) groups excluding carboxylic acids is 1. The molecule has 20 heavy (non-hydrogen) atoms. The van der Waals surface area contributed by atoms with Crippen LogP contribution in [0.1, 0.15) is 5.56 Å². The molecule has 0 saturated carbocycles. The van der Waals surface area contributed by atoms with E-state index < -0.39 is 4.92 Å². The molecule has 0 unspecified atom stereocenters. The molecule has 8 nitrogen and oxygen atoms in total. The number of benzene rings is 1. The summed E-state index contributed by atoms with van der Waals surface area (Å²) in [6.07, 6.45) is 3.27. The van der Waals surface area contributed by atoms with Gasteiger partial charge in [0.05, 0.1) is 24.2 Å². The minimum atomic E-state index is -0.491. The number of anilines is 1. The highest BCUT2D eigenvalue weighted by molar-refractivity contribution is 5.94. The fourth-order valence-corrected chi connectivity index (χ4v) is 1.73. The lowest BCUT2D eigenvalue weighted by molar-refractivity contribution is -0.384. The second-order valence-corrected chi connectivity index (χ2v) is 4.06. The van der Waals surface area contributed by atoms with Crippen molar-refractivity contribution in [3.8, 4) is 0 Å². The largest absolute Gasteiger partial charge is 0.322 e. The molecule has 1 amide bonds. The SMILES string of the molecule is NCC(=O)N(Cc1cn[nH]c1)c1ccc([N+](=O)[O-])cc1. The van der Waals surface area contributed by atoms with Gasteiger partial charge in [-0.25, -0.2) is 0 Å². The van der Waals surface area contributed by atoms with Crippen LogP contribution in [-0.2, 0) is 11.3 Å². The van der Waals surface area contributed by atoms with Gasteiger partial charge in [-0.2, -0.15) is 5.10 Å². The van der Waals surface area contributed by atoms with Gasteiger partial charge >= 0.3 is 0 Å². The van der Waals surface area contributed by atoms with Gasteiger partial charge in [0, 0.05) is 29.6 Å². The topological polar surface area (TPSA) is 118 Å². The summed E-state index contributed by atoms with van der Waals surface area (Å²) >= 11 is 0. The van der Waals surface area contributed by atoms with Crippen molar-refractivity contribution in [2.24, 2.45) is 5.73 Å². The van der Waals surface area contributed by atoms with E-state index in [2.05, 4.69) is 10.2 Å². The Hall–Kier alpha value is -2.74. The van der Waals surface area contributed by atoms with Gasteiger partial charge in [-0.15, -0.1) is 0 Å². The second-order valence-electron chi connectivity index (χ2n) is 4.06. The number of amides is 1. The van der Waals surface area contributed by atoms with E-state index in [-0.39, 0.29) is 18.1 Å². The number of H-pyrrole nitrogens is 1. The lowest BCUT2D eigenvalue weighted by Gasteiger charge is -2.21. The van der Waals surface area contributed by atoms with Crippen LogP contribution in [0.3, 0.4) is 0 Å². The number of hydrogen-bond acceptors (Lipinski definition) is 5. The fraction of sp³-hybridized carbons (Fsp3) is 0.167. The van der Waals surface area contributed by atoms with Gasteiger partial charge in [0.2, 0.25) is 5.91 Å². The third kappa shape index (κ3) is 2.98. The van der Waals surface area contributed by atoms with Gasteiger partial charge in [0.1, 0.15) is 0 Å². The standard InChI is InChI=1S/C12H13N5O3/c13-5-12(18)16(8-9-6-14-15-7-9)10-1-3-11(4-2-10)17(19)20/h1-4,6-7H,5,8,13H2,(H,14,15). The summed E-state index contributed by atoms with van der Waals surface area (Å²) in [7, 11) is 0. The maximum Gasteiger partial charge on any atom is 0.269 e. The monoisotopic (exact) mass is 275 g/mol. The van der Waals surface area contributed by atoms with Crippen LogP contribution in [0, 0.1) is 10.1 Å². The molecule has 1 aromatic heterocycles. The highest BCUT2D eigenvalue weighted by Gasteiger charge is 2.16. The smallest absolute Gasteiger partial charge is 0.269 e. The average Bonchev–Trinajstić information content (AvgIpc) is 2.97. The Morgan fingerprint density at radius 2 is 2.10 bits per heavy atom. The lowest BCUT2D eigenvalue weighted by atomic mass is 10.2. The first-order valence-corrected chi connectivity index (χ1v) is 5.84. The number of nitro groups is 1. The molecule has 0 saturated heterocycles. The first-order chi connectivity index (χ1) is 9.61. The average molecular weight is 275 g/mol. The number of rotatable bonds is 5. The first-order valence-electron chi connectivity index (χ1n) is 5.84. The normalized spacial score (nSPS) is 10.2. The molecule has 0 bridgehead atoms. The number of nitro benzene ring substituents is 1. The second kappa shape index (κ2) is 5.93. The van der Waals surface area contributed by atoms with E-state index in [1.165, 1.54) is 29.2 Å². The number of nitrogens with one attached hydrogen (secondary N) is 1. The molecular weight excluding hydrogens is 262 g/mol. The summed E-state index contributed by atoms with van der Waals surface area (Å²) in [4.78, 5) is 23.5. The number of hydrogen-bond donors (Lipinski definition) is 2. The third-order valence-electron chi connectivity index (χ3n) is 2.74. The fourth-order valence-electron chi connectivity index (χ4n) is 1.73.